The van der Waals surface area contributed by atoms with Crippen molar-refractivity contribution in [3.8, 4) is 0 Å². The molecule has 2 fully saturated rings. The van der Waals surface area contributed by atoms with Crippen LogP contribution >= 0.6 is 0 Å². The van der Waals surface area contributed by atoms with E-state index in [2.05, 4.69) is 4.90 Å². The van der Waals surface area contributed by atoms with Gasteiger partial charge in [0.25, 0.3) is 5.91 Å². The number of esters is 1. The van der Waals surface area contributed by atoms with Crippen LogP contribution in [-0.2, 0) is 9.53 Å². The van der Waals surface area contributed by atoms with E-state index in [0.717, 1.165) is 48.8 Å². The molecular weight excluding hydrogens is 467 g/mol. The van der Waals surface area contributed by atoms with E-state index >= 15 is 0 Å². The molecule has 3 aromatic rings. The summed E-state index contributed by atoms with van der Waals surface area (Å²) in [6.45, 7) is 7.41. The third-order valence-corrected chi connectivity index (χ3v) is 8.18. The molecule has 0 N–H and O–H groups in total. The van der Waals surface area contributed by atoms with Gasteiger partial charge < -0.3 is 14.5 Å². The van der Waals surface area contributed by atoms with Crippen LogP contribution in [0.4, 0.5) is 4.39 Å². The highest BCUT2D eigenvalue weighted by atomic mass is 19.1. The molecule has 0 spiro atoms. The van der Waals surface area contributed by atoms with Gasteiger partial charge in [-0.2, -0.15) is 0 Å². The Morgan fingerprint density at radius 2 is 1.68 bits per heavy atom. The zero-order valence-electron chi connectivity index (χ0n) is 21.6. The summed E-state index contributed by atoms with van der Waals surface area (Å²) in [4.78, 5) is 29.9. The number of carbonyl (C=O) groups is 2. The molecule has 1 amide bonds. The normalized spacial score (nSPS) is 21.8. The molecule has 2 heterocycles. The van der Waals surface area contributed by atoms with E-state index in [1.165, 1.54) is 12.5 Å². The van der Waals surface area contributed by atoms with Crippen LogP contribution in [0.25, 0.3) is 10.8 Å². The molecule has 2 aliphatic rings. The number of rotatable bonds is 6. The first-order chi connectivity index (χ1) is 17.9. The molecule has 3 aromatic carbocycles. The predicted octanol–water partition coefficient (Wildman–Crippen LogP) is 5.50. The van der Waals surface area contributed by atoms with Gasteiger partial charge in [0.2, 0.25) is 0 Å². The molecule has 0 aromatic heterocycles. The average Bonchev–Trinajstić information content (AvgIpc) is 3.32. The van der Waals surface area contributed by atoms with Gasteiger partial charge in [-0.25, -0.2) is 4.39 Å². The molecule has 37 heavy (non-hydrogen) atoms. The topological polar surface area (TPSA) is 49.9 Å². The second-order valence-corrected chi connectivity index (χ2v) is 10.6. The maximum atomic E-state index is 13.7. The second-order valence-electron chi connectivity index (χ2n) is 10.6. The fourth-order valence-electron chi connectivity index (χ4n) is 6.23. The summed E-state index contributed by atoms with van der Waals surface area (Å²) < 4.78 is 18.9. The highest BCUT2D eigenvalue weighted by Gasteiger charge is 2.41. The number of likely N-dealkylation sites (tertiary alicyclic amines) is 2. The summed E-state index contributed by atoms with van der Waals surface area (Å²) in [5.74, 6) is 0.298. The van der Waals surface area contributed by atoms with Gasteiger partial charge in [0, 0.05) is 38.0 Å². The Bertz CT molecular complexity index is 1250. The van der Waals surface area contributed by atoms with Crippen molar-refractivity contribution in [2.24, 2.45) is 11.8 Å². The van der Waals surface area contributed by atoms with Crippen LogP contribution in [0.5, 0.6) is 0 Å². The molecule has 2 aliphatic heterocycles. The van der Waals surface area contributed by atoms with Gasteiger partial charge in [0.15, 0.2) is 0 Å². The fraction of sp³-hybridized carbons (Fsp3) is 0.419. The lowest BCUT2D eigenvalue weighted by Gasteiger charge is -2.35. The Balaban J connectivity index is 1.29. The lowest BCUT2D eigenvalue weighted by atomic mass is 9.87. The number of nitrogens with zero attached hydrogens (tertiary/aromatic N) is 2. The minimum atomic E-state index is -0.287. The molecule has 5 nitrogen and oxygen atoms in total. The van der Waals surface area contributed by atoms with Crippen molar-refractivity contribution in [3.63, 3.8) is 0 Å². The number of carbonyl (C=O) groups excluding carboxylic acids is 2. The van der Waals surface area contributed by atoms with Crippen molar-refractivity contribution in [3.05, 3.63) is 83.7 Å². The van der Waals surface area contributed by atoms with Crippen LogP contribution < -0.4 is 0 Å². The van der Waals surface area contributed by atoms with Crippen LogP contribution in [0.15, 0.2) is 66.7 Å². The zero-order valence-corrected chi connectivity index (χ0v) is 21.6. The number of hydrogen-bond acceptors (Lipinski definition) is 4. The maximum Gasteiger partial charge on any atom is 0.302 e. The van der Waals surface area contributed by atoms with Gasteiger partial charge in [-0.3, -0.25) is 9.59 Å². The van der Waals surface area contributed by atoms with Crippen molar-refractivity contribution in [2.45, 2.75) is 38.7 Å². The molecule has 0 saturated carbocycles. The van der Waals surface area contributed by atoms with E-state index in [1.54, 1.807) is 12.1 Å². The average molecular weight is 503 g/mol. The first-order valence-corrected chi connectivity index (χ1v) is 13.3. The Kier molecular flexibility index (Phi) is 7.56. The van der Waals surface area contributed by atoms with Gasteiger partial charge in [-0.15, -0.1) is 0 Å². The lowest BCUT2D eigenvalue weighted by Crippen LogP contribution is -2.40. The molecule has 0 radical (unpaired) electrons. The molecule has 194 valence electrons. The van der Waals surface area contributed by atoms with Gasteiger partial charge in [0.1, 0.15) is 11.9 Å². The van der Waals surface area contributed by atoms with Gasteiger partial charge >= 0.3 is 5.97 Å². The zero-order chi connectivity index (χ0) is 25.9. The highest BCUT2D eigenvalue weighted by Crippen LogP contribution is 2.34. The Labute approximate surface area is 218 Å². The quantitative estimate of drug-likeness (QED) is 0.418. The summed E-state index contributed by atoms with van der Waals surface area (Å²) in [6.07, 6.45) is 1.80. The smallest absolute Gasteiger partial charge is 0.302 e. The molecule has 0 bridgehead atoms. The minimum absolute atomic E-state index is 0.0364. The largest absolute Gasteiger partial charge is 0.462 e. The number of piperidine rings is 1. The van der Waals surface area contributed by atoms with Crippen LogP contribution in [0, 0.1) is 17.7 Å². The van der Waals surface area contributed by atoms with Gasteiger partial charge in [0.05, 0.1) is 0 Å². The summed E-state index contributed by atoms with van der Waals surface area (Å²) in [7, 11) is 0. The maximum absolute atomic E-state index is 13.7. The van der Waals surface area contributed by atoms with E-state index in [4.69, 9.17) is 4.74 Å². The number of halogens is 1. The van der Waals surface area contributed by atoms with Gasteiger partial charge in [-0.05, 0) is 79.2 Å². The highest BCUT2D eigenvalue weighted by molar-refractivity contribution is 6.07. The molecule has 1 unspecified atom stereocenters. The number of amides is 1. The van der Waals surface area contributed by atoms with Gasteiger partial charge in [-0.1, -0.05) is 48.5 Å². The Morgan fingerprint density at radius 1 is 0.973 bits per heavy atom. The van der Waals surface area contributed by atoms with E-state index < -0.39 is 0 Å². The van der Waals surface area contributed by atoms with Crippen molar-refractivity contribution in [1.29, 1.82) is 0 Å². The second kappa shape index (κ2) is 11.0. The van der Waals surface area contributed by atoms with E-state index in [1.807, 2.05) is 66.4 Å². The van der Waals surface area contributed by atoms with Crippen molar-refractivity contribution >= 4 is 22.6 Å². The summed E-state index contributed by atoms with van der Waals surface area (Å²) in [6, 6.07) is 20.7. The standard InChI is InChI=1S/C31H35FN2O3/c1-21(37-22(2)35)30-20-34(31(36)29-9-5-7-25-6-3-4-8-28(25)29)19-26(30)18-33-16-14-24(15-17-33)23-10-12-27(32)13-11-23/h3-13,21,24,26,30H,14-20H2,1-2H3/t21?,26-,30+/m1/s1. The molecule has 2 saturated heterocycles. The van der Waals surface area contributed by atoms with Crippen LogP contribution in [0.2, 0.25) is 0 Å². The van der Waals surface area contributed by atoms with Crippen molar-refractivity contribution in [1.82, 2.24) is 9.80 Å². The van der Waals surface area contributed by atoms with Crippen LogP contribution in [0.3, 0.4) is 0 Å². The minimum Gasteiger partial charge on any atom is -0.462 e. The first-order valence-electron chi connectivity index (χ1n) is 13.3. The van der Waals surface area contributed by atoms with E-state index in [0.29, 0.717) is 19.0 Å². The number of benzene rings is 3. The summed E-state index contributed by atoms with van der Waals surface area (Å²) in [5, 5.41) is 2.02. The van der Waals surface area contributed by atoms with Crippen LogP contribution in [0.1, 0.15) is 48.5 Å². The molecule has 0 aliphatic carbocycles. The molecular formula is C31H35FN2O3. The monoisotopic (exact) mass is 502 g/mol. The number of ether oxygens (including phenoxy) is 1. The lowest BCUT2D eigenvalue weighted by molar-refractivity contribution is -0.148. The predicted molar refractivity (Wildman–Crippen MR) is 143 cm³/mol. The first kappa shape index (κ1) is 25.4. The van der Waals surface area contributed by atoms with Crippen molar-refractivity contribution in [2.75, 3.05) is 32.7 Å². The molecule has 5 rings (SSSR count). The third kappa shape index (κ3) is 5.69. The van der Waals surface area contributed by atoms with E-state index in [-0.39, 0.29) is 35.6 Å². The third-order valence-electron chi connectivity index (χ3n) is 8.18. The number of hydrogen-bond donors (Lipinski definition) is 0. The SMILES string of the molecule is CC(=O)OC(C)[C@@H]1CN(C(=O)c2cccc3ccccc23)C[C@H]1CN1CCC(c2ccc(F)cc2)CC1. The van der Waals surface area contributed by atoms with Crippen LogP contribution in [-0.4, -0.2) is 60.5 Å². The van der Waals surface area contributed by atoms with Crippen molar-refractivity contribution < 1.29 is 18.7 Å². The fourth-order valence-corrected chi connectivity index (χ4v) is 6.23. The Morgan fingerprint density at radius 3 is 2.41 bits per heavy atom. The number of fused-ring (bicyclic) bond motifs is 1. The molecule has 3 atom stereocenters. The van der Waals surface area contributed by atoms with E-state index in [9.17, 15) is 14.0 Å². The Hall–Kier alpha value is -3.25. The molecule has 6 heteroatoms. The summed E-state index contributed by atoms with van der Waals surface area (Å²) >= 11 is 0. The summed E-state index contributed by atoms with van der Waals surface area (Å²) in [5.41, 5.74) is 1.92.